The zero-order chi connectivity index (χ0) is 45.2. The highest BCUT2D eigenvalue weighted by molar-refractivity contribution is 7.25. The third kappa shape index (κ3) is 5.53. The highest BCUT2D eigenvalue weighted by Gasteiger charge is 2.52. The average molecular weight is 896 g/mol. The fourth-order valence-electron chi connectivity index (χ4n) is 11.6. The quantitative estimate of drug-likeness (QED) is 0.173. The van der Waals surface area contributed by atoms with Crippen molar-refractivity contribution in [3.63, 3.8) is 0 Å². The lowest BCUT2D eigenvalue weighted by molar-refractivity contribution is 0.669. The number of thiophene rings is 1. The maximum atomic E-state index is 6.70. The van der Waals surface area contributed by atoms with Gasteiger partial charge >= 0.3 is 0 Å². The summed E-state index contributed by atoms with van der Waals surface area (Å²) in [5.41, 5.74) is 19.0. The Kier molecular flexibility index (Phi) is 8.12. The van der Waals surface area contributed by atoms with Crippen LogP contribution in [0.4, 0.5) is 0 Å². The average Bonchev–Trinajstić information content (AvgIpc) is 4.16. The minimum atomic E-state index is -0.424. The molecule has 0 radical (unpaired) electrons. The molecule has 1 spiro atoms. The first-order chi connectivity index (χ1) is 34.2. The fourth-order valence-corrected chi connectivity index (χ4v) is 12.8. The molecule has 4 nitrogen and oxygen atoms in total. The summed E-state index contributed by atoms with van der Waals surface area (Å²) >= 11 is 1.79. The Labute approximate surface area is 401 Å². The van der Waals surface area contributed by atoms with E-state index in [4.69, 9.17) is 19.4 Å². The van der Waals surface area contributed by atoms with Crippen molar-refractivity contribution in [3.8, 4) is 78.7 Å². The van der Waals surface area contributed by atoms with Gasteiger partial charge in [-0.05, 0) is 97.1 Å². The molecule has 13 aromatic rings. The second-order valence-electron chi connectivity index (χ2n) is 18.2. The number of hydrogen-bond donors (Lipinski definition) is 0. The highest BCUT2D eigenvalue weighted by atomic mass is 32.1. The lowest BCUT2D eigenvalue weighted by Gasteiger charge is -2.30. The molecule has 2 aliphatic rings. The van der Waals surface area contributed by atoms with Crippen LogP contribution in [0.2, 0.25) is 0 Å². The fraction of sp³-hybridized carbons (Fsp3) is 0.0156. The summed E-state index contributed by atoms with van der Waals surface area (Å²) in [5, 5.41) is 4.47. The van der Waals surface area contributed by atoms with Gasteiger partial charge in [-0.1, -0.05) is 194 Å². The van der Waals surface area contributed by atoms with Gasteiger partial charge in [0, 0.05) is 47.6 Å². The molecule has 3 aromatic heterocycles. The third-order valence-corrected chi connectivity index (χ3v) is 15.7. The van der Waals surface area contributed by atoms with E-state index in [1.807, 2.05) is 12.1 Å². The van der Waals surface area contributed by atoms with Gasteiger partial charge in [0.25, 0.3) is 0 Å². The molecular weight excluding hydrogens is 859 g/mol. The molecule has 15 rings (SSSR count). The summed E-state index contributed by atoms with van der Waals surface area (Å²) in [4.78, 5) is 15.9. The molecule has 0 unspecified atom stereocenters. The molecule has 2 aliphatic carbocycles. The normalized spacial score (nSPS) is 13.0. The number of furan rings is 1. The Hall–Kier alpha value is -8.77. The van der Waals surface area contributed by atoms with Crippen LogP contribution in [0, 0.1) is 0 Å². The van der Waals surface area contributed by atoms with Crippen molar-refractivity contribution in [1.29, 1.82) is 0 Å². The van der Waals surface area contributed by atoms with Crippen molar-refractivity contribution in [2.45, 2.75) is 5.41 Å². The number of nitrogens with zero attached hydrogens (tertiary/aromatic N) is 3. The van der Waals surface area contributed by atoms with Crippen molar-refractivity contribution in [3.05, 3.63) is 247 Å². The van der Waals surface area contributed by atoms with Gasteiger partial charge < -0.3 is 4.42 Å². The van der Waals surface area contributed by atoms with Gasteiger partial charge in [-0.3, -0.25) is 0 Å². The molecule has 0 bridgehead atoms. The zero-order valence-electron chi connectivity index (χ0n) is 37.0. The Morgan fingerprint density at radius 2 is 0.870 bits per heavy atom. The van der Waals surface area contributed by atoms with Crippen LogP contribution in [0.1, 0.15) is 22.3 Å². The van der Waals surface area contributed by atoms with Crippen molar-refractivity contribution in [2.75, 3.05) is 0 Å². The maximum absolute atomic E-state index is 6.70. The van der Waals surface area contributed by atoms with Crippen LogP contribution in [0.3, 0.4) is 0 Å². The lowest BCUT2D eigenvalue weighted by Crippen LogP contribution is -2.25. The second-order valence-corrected chi connectivity index (χ2v) is 19.2. The Balaban J connectivity index is 0.923. The third-order valence-electron chi connectivity index (χ3n) is 14.6. The van der Waals surface area contributed by atoms with Crippen molar-refractivity contribution >= 4 is 53.4 Å². The van der Waals surface area contributed by atoms with Crippen LogP contribution in [0.5, 0.6) is 0 Å². The summed E-state index contributed by atoms with van der Waals surface area (Å²) in [5.74, 6) is 1.82. The first-order valence-corrected chi connectivity index (χ1v) is 24.2. The van der Waals surface area contributed by atoms with Crippen LogP contribution in [0.25, 0.3) is 121 Å². The van der Waals surface area contributed by atoms with E-state index in [2.05, 4.69) is 212 Å². The summed E-state index contributed by atoms with van der Waals surface area (Å²) in [6.07, 6.45) is 0. The topological polar surface area (TPSA) is 51.8 Å². The predicted molar refractivity (Wildman–Crippen MR) is 283 cm³/mol. The number of hydrogen-bond acceptors (Lipinski definition) is 5. The molecule has 320 valence electrons. The molecule has 3 heterocycles. The van der Waals surface area contributed by atoms with Crippen LogP contribution in [-0.2, 0) is 5.41 Å². The predicted octanol–water partition coefficient (Wildman–Crippen LogP) is 16.8. The van der Waals surface area contributed by atoms with E-state index >= 15 is 0 Å². The van der Waals surface area contributed by atoms with E-state index in [-0.39, 0.29) is 0 Å². The molecule has 0 saturated carbocycles. The Morgan fingerprint density at radius 3 is 1.67 bits per heavy atom. The molecule has 0 saturated heterocycles. The van der Waals surface area contributed by atoms with Gasteiger partial charge in [0.2, 0.25) is 0 Å². The summed E-state index contributed by atoms with van der Waals surface area (Å²) in [6.45, 7) is 0. The van der Waals surface area contributed by atoms with Gasteiger partial charge in [0.05, 0.1) is 5.41 Å². The van der Waals surface area contributed by atoms with Crippen molar-refractivity contribution in [1.82, 2.24) is 15.0 Å². The summed E-state index contributed by atoms with van der Waals surface area (Å²) < 4.78 is 9.16. The van der Waals surface area contributed by atoms with Gasteiger partial charge in [-0.15, -0.1) is 11.3 Å². The minimum absolute atomic E-state index is 0.424. The standard InChI is InChI=1S/C64H37N3OS/c1-2-14-38(15-3-1)39-28-30-40(31-29-39)61-65-62(42-32-34-47-46-18-7-11-27-57(46)69-58(47)37-42)67-63(66-61)49-21-13-26-56-60(49)50-36-41(33-35-55(50)68-56)43-20-12-25-54-59(43)48-19-6-10-24-53(48)64(54)51-22-8-4-16-44(51)45-17-5-9-23-52(45)64/h1-37H. The molecule has 0 fully saturated rings. The Bertz CT molecular complexity index is 4220. The first-order valence-electron chi connectivity index (χ1n) is 23.4. The molecule has 69 heavy (non-hydrogen) atoms. The largest absolute Gasteiger partial charge is 0.456 e. The number of aromatic nitrogens is 3. The van der Waals surface area contributed by atoms with Crippen molar-refractivity contribution < 1.29 is 4.42 Å². The van der Waals surface area contributed by atoms with Crippen LogP contribution < -0.4 is 0 Å². The zero-order valence-corrected chi connectivity index (χ0v) is 37.8. The van der Waals surface area contributed by atoms with Crippen LogP contribution in [0.15, 0.2) is 229 Å². The molecule has 0 N–H and O–H groups in total. The van der Waals surface area contributed by atoms with Gasteiger partial charge in [0.1, 0.15) is 11.2 Å². The van der Waals surface area contributed by atoms with E-state index in [0.717, 1.165) is 55.3 Å². The smallest absolute Gasteiger partial charge is 0.164 e. The van der Waals surface area contributed by atoms with Gasteiger partial charge in [0.15, 0.2) is 17.5 Å². The minimum Gasteiger partial charge on any atom is -0.456 e. The molecule has 0 aliphatic heterocycles. The van der Waals surface area contributed by atoms with Crippen LogP contribution in [-0.4, -0.2) is 15.0 Å². The Morgan fingerprint density at radius 1 is 0.319 bits per heavy atom. The number of rotatable bonds is 5. The first kappa shape index (κ1) is 38.3. The molecule has 0 atom stereocenters. The lowest BCUT2D eigenvalue weighted by atomic mass is 9.70. The van der Waals surface area contributed by atoms with Crippen molar-refractivity contribution in [2.24, 2.45) is 0 Å². The number of benzene rings is 10. The summed E-state index contributed by atoms with van der Waals surface area (Å²) in [6, 6.07) is 80.9. The second kappa shape index (κ2) is 14.6. The highest BCUT2D eigenvalue weighted by Crippen LogP contribution is 2.64. The van der Waals surface area contributed by atoms with Gasteiger partial charge in [-0.25, -0.2) is 15.0 Å². The molecular formula is C64H37N3OS. The number of fused-ring (bicyclic) bond motifs is 16. The van der Waals surface area contributed by atoms with Gasteiger partial charge in [-0.2, -0.15) is 0 Å². The molecule has 10 aromatic carbocycles. The van der Waals surface area contributed by atoms with E-state index < -0.39 is 5.41 Å². The van der Waals surface area contributed by atoms with Crippen LogP contribution >= 0.6 is 11.3 Å². The SMILES string of the molecule is c1ccc(-c2ccc(-c3nc(-c4ccc5c(c4)sc4ccccc45)nc(-c4cccc5oc6ccc(-c7cccc8c7-c7ccccc7C87c8ccccc8-c8ccccc87)cc6c45)n3)cc2)cc1. The monoisotopic (exact) mass is 895 g/mol. The van der Waals surface area contributed by atoms with E-state index in [0.29, 0.717) is 17.5 Å². The van der Waals surface area contributed by atoms with E-state index in [9.17, 15) is 0 Å². The van der Waals surface area contributed by atoms with E-state index in [1.165, 1.54) is 70.2 Å². The maximum Gasteiger partial charge on any atom is 0.164 e. The van der Waals surface area contributed by atoms with E-state index in [1.54, 1.807) is 11.3 Å². The summed E-state index contributed by atoms with van der Waals surface area (Å²) in [7, 11) is 0. The molecule has 5 heteroatoms. The molecule has 0 amide bonds.